The minimum atomic E-state index is 0.582. The predicted octanol–water partition coefficient (Wildman–Crippen LogP) is 0.727. The topological polar surface area (TPSA) is 59.6 Å². The number of guanidine groups is 1. The third-order valence-corrected chi connectivity index (χ3v) is 2.42. The summed E-state index contributed by atoms with van der Waals surface area (Å²) in [7, 11) is 0. The summed E-state index contributed by atoms with van der Waals surface area (Å²) in [6, 6.07) is 0. The molecule has 0 spiro atoms. The smallest absolute Gasteiger partial charge is 0.188 e. The van der Waals surface area contributed by atoms with Crippen LogP contribution in [0.1, 0.15) is 26.2 Å². The highest BCUT2D eigenvalue weighted by molar-refractivity contribution is 5.77. The van der Waals surface area contributed by atoms with Crippen molar-refractivity contribution < 1.29 is 4.74 Å². The molecular weight excluding hydrogens is 178 g/mol. The van der Waals surface area contributed by atoms with Crippen LogP contribution >= 0.6 is 0 Å². The molecule has 1 aliphatic heterocycles. The van der Waals surface area contributed by atoms with E-state index >= 15 is 0 Å². The van der Waals surface area contributed by atoms with Gasteiger partial charge in [-0.3, -0.25) is 4.99 Å². The van der Waals surface area contributed by atoms with Gasteiger partial charge in [0, 0.05) is 26.3 Å². The van der Waals surface area contributed by atoms with Gasteiger partial charge in [-0.25, -0.2) is 0 Å². The highest BCUT2D eigenvalue weighted by atomic mass is 16.5. The van der Waals surface area contributed by atoms with Crippen LogP contribution in [-0.2, 0) is 4.74 Å². The van der Waals surface area contributed by atoms with Gasteiger partial charge in [-0.15, -0.1) is 0 Å². The Morgan fingerprint density at radius 2 is 2.21 bits per heavy atom. The number of nitrogens with two attached hydrogens (primary N) is 1. The average Bonchev–Trinajstić information content (AvgIpc) is 2.25. The molecule has 0 aliphatic carbocycles. The van der Waals surface area contributed by atoms with E-state index in [1.807, 2.05) is 0 Å². The predicted molar refractivity (Wildman–Crippen MR) is 58.3 cm³/mol. The van der Waals surface area contributed by atoms with Gasteiger partial charge in [-0.2, -0.15) is 0 Å². The van der Waals surface area contributed by atoms with Gasteiger partial charge in [-0.05, 0) is 25.2 Å². The fourth-order valence-corrected chi connectivity index (χ4v) is 1.47. The van der Waals surface area contributed by atoms with Gasteiger partial charge in [-0.1, -0.05) is 6.92 Å². The van der Waals surface area contributed by atoms with Crippen LogP contribution in [0.4, 0.5) is 0 Å². The average molecular weight is 199 g/mol. The molecular formula is C10H21N3O. The molecule has 0 unspecified atom stereocenters. The van der Waals surface area contributed by atoms with Crippen molar-refractivity contribution in [2.24, 2.45) is 16.6 Å². The van der Waals surface area contributed by atoms with Gasteiger partial charge in [0.25, 0.3) is 0 Å². The molecule has 82 valence electrons. The van der Waals surface area contributed by atoms with E-state index in [0.29, 0.717) is 11.9 Å². The molecule has 0 aromatic rings. The van der Waals surface area contributed by atoms with E-state index in [9.17, 15) is 0 Å². The summed E-state index contributed by atoms with van der Waals surface area (Å²) in [5.74, 6) is 1.24. The summed E-state index contributed by atoms with van der Waals surface area (Å²) in [4.78, 5) is 4.31. The van der Waals surface area contributed by atoms with Crippen molar-refractivity contribution >= 4 is 5.96 Å². The molecule has 0 saturated carbocycles. The third-order valence-electron chi connectivity index (χ3n) is 2.42. The highest BCUT2D eigenvalue weighted by Crippen LogP contribution is 2.14. The zero-order chi connectivity index (χ0) is 10.2. The molecule has 0 aromatic carbocycles. The Hall–Kier alpha value is -0.770. The number of rotatable bonds is 4. The van der Waals surface area contributed by atoms with Gasteiger partial charge < -0.3 is 15.8 Å². The molecule has 0 atom stereocenters. The van der Waals surface area contributed by atoms with E-state index in [1.165, 1.54) is 0 Å². The monoisotopic (exact) mass is 199 g/mol. The second-order valence-corrected chi connectivity index (χ2v) is 3.71. The summed E-state index contributed by atoms with van der Waals surface area (Å²) in [6.07, 6.45) is 3.31. The maximum absolute atomic E-state index is 5.68. The molecule has 3 N–H and O–H groups in total. The zero-order valence-electron chi connectivity index (χ0n) is 8.96. The molecule has 4 heteroatoms. The number of aliphatic imine (C=N–C) groups is 1. The molecule has 1 heterocycles. The summed E-state index contributed by atoms with van der Waals surface area (Å²) < 4.78 is 5.28. The number of hydrogen-bond acceptors (Lipinski definition) is 2. The first kappa shape index (κ1) is 11.3. The number of nitrogens with zero attached hydrogens (tertiary/aromatic N) is 1. The molecule has 1 fully saturated rings. The summed E-state index contributed by atoms with van der Waals surface area (Å²) in [5.41, 5.74) is 5.68. The summed E-state index contributed by atoms with van der Waals surface area (Å²) in [6.45, 7) is 5.61. The molecule has 1 aliphatic rings. The first-order valence-corrected chi connectivity index (χ1v) is 5.44. The highest BCUT2D eigenvalue weighted by Gasteiger charge is 2.12. The van der Waals surface area contributed by atoms with Crippen molar-refractivity contribution in [2.45, 2.75) is 26.2 Å². The molecule has 0 aromatic heterocycles. The lowest BCUT2D eigenvalue weighted by atomic mass is 10.0. The van der Waals surface area contributed by atoms with E-state index in [2.05, 4.69) is 17.2 Å². The van der Waals surface area contributed by atoms with Gasteiger partial charge in [0.1, 0.15) is 0 Å². The fourth-order valence-electron chi connectivity index (χ4n) is 1.47. The normalized spacial score (nSPS) is 19.6. The Labute approximate surface area is 85.9 Å². The molecule has 0 amide bonds. The van der Waals surface area contributed by atoms with E-state index in [1.54, 1.807) is 0 Å². The van der Waals surface area contributed by atoms with Crippen LogP contribution in [0.25, 0.3) is 0 Å². The largest absolute Gasteiger partial charge is 0.381 e. The van der Waals surface area contributed by atoms with Crippen LogP contribution in [0, 0.1) is 5.92 Å². The first-order chi connectivity index (χ1) is 6.83. The molecule has 1 rings (SSSR count). The lowest BCUT2D eigenvalue weighted by Gasteiger charge is -2.20. The molecule has 0 radical (unpaired) electrons. The van der Waals surface area contributed by atoms with Crippen LogP contribution in [-0.4, -0.2) is 32.3 Å². The van der Waals surface area contributed by atoms with Crippen molar-refractivity contribution in [1.82, 2.24) is 5.32 Å². The van der Waals surface area contributed by atoms with Crippen molar-refractivity contribution in [3.8, 4) is 0 Å². The minimum Gasteiger partial charge on any atom is -0.381 e. The summed E-state index contributed by atoms with van der Waals surface area (Å²) >= 11 is 0. The maximum atomic E-state index is 5.68. The second-order valence-electron chi connectivity index (χ2n) is 3.71. The molecule has 4 nitrogen and oxygen atoms in total. The van der Waals surface area contributed by atoms with Crippen LogP contribution in [0.3, 0.4) is 0 Å². The third kappa shape index (κ3) is 4.46. The quantitative estimate of drug-likeness (QED) is 0.518. The van der Waals surface area contributed by atoms with Gasteiger partial charge in [0.2, 0.25) is 0 Å². The van der Waals surface area contributed by atoms with Crippen LogP contribution in [0.2, 0.25) is 0 Å². The van der Waals surface area contributed by atoms with Crippen molar-refractivity contribution in [3.63, 3.8) is 0 Å². The lowest BCUT2D eigenvalue weighted by molar-refractivity contribution is 0.0689. The minimum absolute atomic E-state index is 0.582. The molecule has 1 saturated heterocycles. The van der Waals surface area contributed by atoms with Gasteiger partial charge in [0.15, 0.2) is 5.96 Å². The SMILES string of the molecule is CCCNC(N)=NCC1CCOCC1. The Morgan fingerprint density at radius 3 is 2.86 bits per heavy atom. The fraction of sp³-hybridized carbons (Fsp3) is 0.900. The standard InChI is InChI=1S/C10H21N3O/c1-2-5-12-10(11)13-8-9-3-6-14-7-4-9/h9H,2-8H2,1H3,(H3,11,12,13). The van der Waals surface area contributed by atoms with E-state index in [4.69, 9.17) is 10.5 Å². The van der Waals surface area contributed by atoms with E-state index in [0.717, 1.165) is 45.6 Å². The first-order valence-electron chi connectivity index (χ1n) is 5.44. The summed E-state index contributed by atoms with van der Waals surface area (Å²) in [5, 5.41) is 3.07. The Kier molecular flexibility index (Phi) is 5.37. The number of hydrogen-bond donors (Lipinski definition) is 2. The zero-order valence-corrected chi connectivity index (χ0v) is 8.96. The maximum Gasteiger partial charge on any atom is 0.188 e. The van der Waals surface area contributed by atoms with Crippen molar-refractivity contribution in [3.05, 3.63) is 0 Å². The van der Waals surface area contributed by atoms with E-state index in [-0.39, 0.29) is 0 Å². The Bertz CT molecular complexity index is 176. The Morgan fingerprint density at radius 1 is 1.50 bits per heavy atom. The second kappa shape index (κ2) is 6.65. The van der Waals surface area contributed by atoms with Crippen LogP contribution < -0.4 is 11.1 Å². The van der Waals surface area contributed by atoms with Crippen molar-refractivity contribution in [2.75, 3.05) is 26.3 Å². The van der Waals surface area contributed by atoms with Gasteiger partial charge >= 0.3 is 0 Å². The van der Waals surface area contributed by atoms with Gasteiger partial charge in [0.05, 0.1) is 0 Å². The van der Waals surface area contributed by atoms with E-state index < -0.39 is 0 Å². The lowest BCUT2D eigenvalue weighted by Crippen LogP contribution is -2.33. The number of ether oxygens (including phenoxy) is 1. The molecule has 14 heavy (non-hydrogen) atoms. The molecule has 0 bridgehead atoms. The Balaban J connectivity index is 2.15. The number of nitrogens with one attached hydrogen (secondary N) is 1. The van der Waals surface area contributed by atoms with Crippen molar-refractivity contribution in [1.29, 1.82) is 0 Å². The van der Waals surface area contributed by atoms with Crippen LogP contribution in [0.5, 0.6) is 0 Å². The van der Waals surface area contributed by atoms with Crippen LogP contribution in [0.15, 0.2) is 4.99 Å².